The van der Waals surface area contributed by atoms with Crippen LogP contribution in [-0.4, -0.2) is 32.8 Å². The minimum Gasteiger partial charge on any atom is -0.494 e. The van der Waals surface area contributed by atoms with Crippen LogP contribution in [0.5, 0.6) is 5.75 Å². The molecular formula is C13H21NO4S. The molecule has 0 bridgehead atoms. The van der Waals surface area contributed by atoms with Gasteiger partial charge in [0, 0.05) is 12.6 Å². The number of nitrogens with one attached hydrogen (secondary N) is 1. The zero-order valence-corrected chi connectivity index (χ0v) is 12.5. The van der Waals surface area contributed by atoms with Gasteiger partial charge in [-0.05, 0) is 38.8 Å². The predicted octanol–water partition coefficient (Wildman–Crippen LogP) is 1.36. The van der Waals surface area contributed by atoms with E-state index in [0.717, 1.165) is 5.56 Å². The molecule has 1 aromatic carbocycles. The number of rotatable bonds is 6. The number of aliphatic hydroxyl groups excluding tert-OH is 1. The first-order chi connectivity index (χ1) is 8.77. The molecule has 1 aromatic rings. The van der Waals surface area contributed by atoms with Gasteiger partial charge in [-0.3, -0.25) is 0 Å². The van der Waals surface area contributed by atoms with Crippen molar-refractivity contribution in [2.75, 3.05) is 13.2 Å². The Bertz CT molecular complexity index is 538. The van der Waals surface area contributed by atoms with Crippen LogP contribution >= 0.6 is 0 Å². The van der Waals surface area contributed by atoms with Gasteiger partial charge >= 0.3 is 0 Å². The molecule has 0 spiro atoms. The van der Waals surface area contributed by atoms with Gasteiger partial charge in [0.1, 0.15) is 5.75 Å². The number of aryl methyl sites for hydroxylation is 2. The molecule has 0 aliphatic heterocycles. The number of benzene rings is 1. The third-order valence-corrected chi connectivity index (χ3v) is 4.20. The smallest absolute Gasteiger partial charge is 0.241 e. The molecule has 5 nitrogen and oxygen atoms in total. The number of ether oxygens (including phenoxy) is 1. The molecule has 2 N–H and O–H groups in total. The fraction of sp³-hybridized carbons (Fsp3) is 0.538. The summed E-state index contributed by atoms with van der Waals surface area (Å²) < 4.78 is 32.1. The van der Waals surface area contributed by atoms with Gasteiger partial charge in [-0.15, -0.1) is 0 Å². The molecule has 1 atom stereocenters. The standard InChI is InChI=1S/C13H21NO4S/c1-5-18-12-7-13(10(3)6-9(12)2)19(16,17)14-8-11(4)15/h6-7,11,14-15H,5,8H2,1-4H3. The van der Waals surface area contributed by atoms with Crippen molar-refractivity contribution in [3.05, 3.63) is 23.3 Å². The molecule has 0 amide bonds. The summed E-state index contributed by atoms with van der Waals surface area (Å²) in [5.41, 5.74) is 1.55. The van der Waals surface area contributed by atoms with E-state index in [2.05, 4.69) is 4.72 Å². The zero-order valence-electron chi connectivity index (χ0n) is 11.7. The van der Waals surface area contributed by atoms with Crippen molar-refractivity contribution in [1.29, 1.82) is 0 Å². The third-order valence-electron chi connectivity index (χ3n) is 2.63. The largest absolute Gasteiger partial charge is 0.494 e. The van der Waals surface area contributed by atoms with Gasteiger partial charge in [-0.2, -0.15) is 0 Å². The predicted molar refractivity (Wildman–Crippen MR) is 74.0 cm³/mol. The molecule has 0 heterocycles. The van der Waals surface area contributed by atoms with Crippen LogP contribution in [0.3, 0.4) is 0 Å². The summed E-state index contributed by atoms with van der Waals surface area (Å²) in [6, 6.07) is 3.31. The van der Waals surface area contributed by atoms with E-state index in [4.69, 9.17) is 9.84 Å². The summed E-state index contributed by atoms with van der Waals surface area (Å²) in [6.07, 6.45) is -0.730. The van der Waals surface area contributed by atoms with Crippen LogP contribution in [0.1, 0.15) is 25.0 Å². The molecule has 19 heavy (non-hydrogen) atoms. The maximum Gasteiger partial charge on any atom is 0.241 e. The third kappa shape index (κ3) is 4.19. The molecular weight excluding hydrogens is 266 g/mol. The Morgan fingerprint density at radius 3 is 2.47 bits per heavy atom. The molecule has 0 aliphatic carbocycles. The maximum atomic E-state index is 12.1. The van der Waals surface area contributed by atoms with Gasteiger partial charge in [0.05, 0.1) is 17.6 Å². The summed E-state index contributed by atoms with van der Waals surface area (Å²) in [7, 11) is -3.63. The lowest BCUT2D eigenvalue weighted by Crippen LogP contribution is -2.31. The van der Waals surface area contributed by atoms with Gasteiger partial charge in [-0.1, -0.05) is 6.07 Å². The Kier molecular flexibility index (Phi) is 5.34. The first kappa shape index (κ1) is 15.9. The Labute approximate surface area is 114 Å². The lowest BCUT2D eigenvalue weighted by atomic mass is 10.1. The maximum absolute atomic E-state index is 12.1. The van der Waals surface area contributed by atoms with Crippen LogP contribution in [-0.2, 0) is 10.0 Å². The SMILES string of the molecule is CCOc1cc(S(=O)(=O)NCC(C)O)c(C)cc1C. The highest BCUT2D eigenvalue weighted by molar-refractivity contribution is 7.89. The highest BCUT2D eigenvalue weighted by atomic mass is 32.2. The summed E-state index contributed by atoms with van der Waals surface area (Å²) in [6.45, 7) is 7.44. The van der Waals surface area contributed by atoms with Crippen LogP contribution in [0.15, 0.2) is 17.0 Å². The second-order valence-electron chi connectivity index (χ2n) is 4.52. The quantitative estimate of drug-likeness (QED) is 0.828. The topological polar surface area (TPSA) is 75.6 Å². The first-order valence-electron chi connectivity index (χ1n) is 6.19. The highest BCUT2D eigenvalue weighted by Crippen LogP contribution is 2.26. The van der Waals surface area contributed by atoms with E-state index in [1.807, 2.05) is 13.8 Å². The number of hydrogen-bond acceptors (Lipinski definition) is 4. The number of sulfonamides is 1. The van der Waals surface area contributed by atoms with Gasteiger partial charge in [0.15, 0.2) is 0 Å². The van der Waals surface area contributed by atoms with Gasteiger partial charge in [0.2, 0.25) is 10.0 Å². The van der Waals surface area contributed by atoms with E-state index in [-0.39, 0.29) is 11.4 Å². The molecule has 0 aromatic heterocycles. The van der Waals surface area contributed by atoms with Crippen molar-refractivity contribution in [2.45, 2.75) is 38.7 Å². The van der Waals surface area contributed by atoms with Crippen LogP contribution in [0, 0.1) is 13.8 Å². The van der Waals surface area contributed by atoms with E-state index >= 15 is 0 Å². The minimum absolute atomic E-state index is 0.0143. The molecule has 6 heteroatoms. The normalized spacial score (nSPS) is 13.3. The molecule has 0 fully saturated rings. The molecule has 108 valence electrons. The highest BCUT2D eigenvalue weighted by Gasteiger charge is 2.19. The summed E-state index contributed by atoms with van der Waals surface area (Å²) in [5, 5.41) is 9.16. The van der Waals surface area contributed by atoms with Gasteiger partial charge < -0.3 is 9.84 Å². The molecule has 1 rings (SSSR count). The van der Waals surface area contributed by atoms with Crippen LogP contribution in [0.25, 0.3) is 0 Å². The van der Waals surface area contributed by atoms with Crippen LogP contribution < -0.4 is 9.46 Å². The van der Waals surface area contributed by atoms with Crippen molar-refractivity contribution in [1.82, 2.24) is 4.72 Å². The van der Waals surface area contributed by atoms with Crippen molar-refractivity contribution in [2.24, 2.45) is 0 Å². The lowest BCUT2D eigenvalue weighted by Gasteiger charge is -2.14. The van der Waals surface area contributed by atoms with Gasteiger partial charge in [0.25, 0.3) is 0 Å². The van der Waals surface area contributed by atoms with Crippen molar-refractivity contribution >= 4 is 10.0 Å². The average Bonchev–Trinajstić information content (AvgIpc) is 2.30. The van der Waals surface area contributed by atoms with E-state index in [9.17, 15) is 8.42 Å². The molecule has 0 saturated carbocycles. The molecule has 0 saturated heterocycles. The number of aliphatic hydroxyl groups is 1. The summed E-state index contributed by atoms with van der Waals surface area (Å²) in [5.74, 6) is 0.561. The van der Waals surface area contributed by atoms with E-state index in [0.29, 0.717) is 17.9 Å². The second kappa shape index (κ2) is 6.36. The summed E-state index contributed by atoms with van der Waals surface area (Å²) in [4.78, 5) is 0.183. The Balaban J connectivity index is 3.15. The number of hydrogen-bond donors (Lipinski definition) is 2. The van der Waals surface area contributed by atoms with E-state index < -0.39 is 16.1 Å². The Morgan fingerprint density at radius 2 is 1.95 bits per heavy atom. The summed E-state index contributed by atoms with van der Waals surface area (Å²) >= 11 is 0. The lowest BCUT2D eigenvalue weighted by molar-refractivity contribution is 0.198. The van der Waals surface area contributed by atoms with Gasteiger partial charge in [-0.25, -0.2) is 13.1 Å². The Hall–Kier alpha value is -1.11. The van der Waals surface area contributed by atoms with Crippen LogP contribution in [0.2, 0.25) is 0 Å². The minimum atomic E-state index is -3.63. The van der Waals surface area contributed by atoms with Crippen molar-refractivity contribution in [3.8, 4) is 5.75 Å². The second-order valence-corrected chi connectivity index (χ2v) is 6.25. The molecule has 0 aliphatic rings. The molecule has 1 unspecified atom stereocenters. The monoisotopic (exact) mass is 287 g/mol. The van der Waals surface area contributed by atoms with Crippen molar-refractivity contribution < 1.29 is 18.3 Å². The van der Waals surface area contributed by atoms with Crippen molar-refractivity contribution in [3.63, 3.8) is 0 Å². The van der Waals surface area contributed by atoms with Crippen LogP contribution in [0.4, 0.5) is 0 Å². The zero-order chi connectivity index (χ0) is 14.6. The average molecular weight is 287 g/mol. The fourth-order valence-electron chi connectivity index (χ4n) is 1.72. The first-order valence-corrected chi connectivity index (χ1v) is 7.68. The van der Waals surface area contributed by atoms with E-state index in [1.54, 1.807) is 13.0 Å². The Morgan fingerprint density at radius 1 is 1.32 bits per heavy atom. The van der Waals surface area contributed by atoms with E-state index in [1.165, 1.54) is 13.0 Å². The fourth-order valence-corrected chi connectivity index (χ4v) is 3.08. The molecule has 0 radical (unpaired) electrons.